The lowest BCUT2D eigenvalue weighted by Crippen LogP contribution is -2.46. The minimum atomic E-state index is -1.84. The summed E-state index contributed by atoms with van der Waals surface area (Å²) in [5.74, 6) is 0. The van der Waals surface area contributed by atoms with Gasteiger partial charge in [0.2, 0.25) is 0 Å². The molecule has 0 aliphatic carbocycles. The third kappa shape index (κ3) is 10.0. The van der Waals surface area contributed by atoms with Crippen LogP contribution >= 0.6 is 0 Å². The van der Waals surface area contributed by atoms with Crippen molar-refractivity contribution in [1.29, 1.82) is 0 Å². The molecule has 0 aromatic carbocycles. The van der Waals surface area contributed by atoms with Crippen LogP contribution in [0.25, 0.3) is 0 Å². The van der Waals surface area contributed by atoms with Gasteiger partial charge in [-0.25, -0.2) is 0 Å². The van der Waals surface area contributed by atoms with E-state index in [0.717, 1.165) is 44.9 Å². The molecule has 0 radical (unpaired) electrons. The van der Waals surface area contributed by atoms with Crippen LogP contribution in [0.2, 0.25) is 18.1 Å². The maximum Gasteiger partial charge on any atom is 0.132 e. The zero-order valence-corrected chi connectivity index (χ0v) is 23.3. The summed E-state index contributed by atoms with van der Waals surface area (Å²) >= 11 is 0. The van der Waals surface area contributed by atoms with Gasteiger partial charge in [-0.15, -0.1) is 0 Å². The summed E-state index contributed by atoms with van der Waals surface area (Å²) in [6.07, 6.45) is 15.9. The Labute approximate surface area is 194 Å². The van der Waals surface area contributed by atoms with Gasteiger partial charge in [0.1, 0.15) is 13.5 Å². The van der Waals surface area contributed by atoms with E-state index in [1.54, 1.807) is 0 Å². The lowest BCUT2D eigenvalue weighted by molar-refractivity contribution is -0.112. The van der Waals surface area contributed by atoms with E-state index in [1.807, 2.05) is 0 Å². The van der Waals surface area contributed by atoms with Gasteiger partial charge in [0.25, 0.3) is 0 Å². The molecule has 0 saturated carbocycles. The van der Waals surface area contributed by atoms with Gasteiger partial charge in [0.15, 0.2) is 0 Å². The molecule has 0 unspecified atom stereocenters. The van der Waals surface area contributed by atoms with E-state index in [9.17, 15) is 4.79 Å². The van der Waals surface area contributed by atoms with Crippen LogP contribution in [0.4, 0.5) is 0 Å². The molecule has 1 aliphatic heterocycles. The van der Waals surface area contributed by atoms with Crippen molar-refractivity contribution in [2.45, 2.75) is 137 Å². The highest BCUT2D eigenvalue weighted by molar-refractivity contribution is 7.06. The number of hydrogen-bond acceptors (Lipinski definition) is 2. The van der Waals surface area contributed by atoms with Crippen LogP contribution in [0.1, 0.15) is 107 Å². The quantitative estimate of drug-likeness (QED) is 0.161. The number of hydrogen-bond donors (Lipinski definition) is 0. The van der Waals surface area contributed by atoms with Gasteiger partial charge in [0, 0.05) is 6.42 Å². The van der Waals surface area contributed by atoms with Crippen molar-refractivity contribution in [1.82, 2.24) is 0 Å². The second-order valence-electron chi connectivity index (χ2n) is 11.8. The fourth-order valence-corrected chi connectivity index (χ4v) is 5.28. The molecule has 0 spiro atoms. The first kappa shape index (κ1) is 28.1. The van der Waals surface area contributed by atoms with E-state index in [2.05, 4.69) is 86.7 Å². The molecule has 0 N–H and O–H groups in total. The Kier molecular flexibility index (Phi) is 10.7. The Balaban J connectivity index is 2.26. The highest BCUT2D eigenvalue weighted by Gasteiger charge is 2.46. The number of allylic oxidation sites excluding steroid dienone is 6. The van der Waals surface area contributed by atoms with Gasteiger partial charge in [-0.2, -0.15) is 0 Å². The standard InChI is InChI=1S/C28H50O2Si/c1-22(16-12-17-24(3)20-21-25-28(7,8)30-25)14-11-15-23(2)18-13-19-26(29)31(9,10)27(4,5)6/h14,17-18,25H,11-13,15-16,19-21H2,1-10H3/b22-14+,23-18+,24-17+/t25-/m0/s1. The third-order valence-corrected chi connectivity index (χ3v) is 12.9. The first-order valence-electron chi connectivity index (χ1n) is 12.3. The summed E-state index contributed by atoms with van der Waals surface area (Å²) in [5.41, 5.74) is 4.50. The lowest BCUT2D eigenvalue weighted by Gasteiger charge is -2.35. The molecule has 31 heavy (non-hydrogen) atoms. The maximum absolute atomic E-state index is 12.7. The van der Waals surface area contributed by atoms with Crippen molar-refractivity contribution >= 4 is 13.5 Å². The Bertz CT molecular complexity index is 686. The minimum Gasteiger partial charge on any atom is -0.367 e. The molecule has 1 rings (SSSR count). The van der Waals surface area contributed by atoms with Crippen LogP contribution in [0.15, 0.2) is 34.9 Å². The molecular formula is C28H50O2Si. The molecule has 1 atom stereocenters. The molecule has 1 heterocycles. The maximum atomic E-state index is 12.7. The van der Waals surface area contributed by atoms with E-state index in [0.29, 0.717) is 17.9 Å². The van der Waals surface area contributed by atoms with Gasteiger partial charge in [-0.1, -0.05) is 68.8 Å². The zero-order valence-electron chi connectivity index (χ0n) is 22.3. The smallest absolute Gasteiger partial charge is 0.132 e. The molecule has 1 aliphatic rings. The first-order chi connectivity index (χ1) is 14.2. The van der Waals surface area contributed by atoms with Gasteiger partial charge in [-0.05, 0) is 84.6 Å². The third-order valence-electron chi connectivity index (χ3n) is 7.46. The summed E-state index contributed by atoms with van der Waals surface area (Å²) in [6.45, 7) is 22.1. The summed E-state index contributed by atoms with van der Waals surface area (Å²) in [6, 6.07) is 0. The number of carbonyl (C=O) groups is 1. The van der Waals surface area contributed by atoms with Crippen LogP contribution in [0, 0.1) is 0 Å². The highest BCUT2D eigenvalue weighted by Crippen LogP contribution is 2.39. The van der Waals surface area contributed by atoms with Crippen LogP contribution < -0.4 is 0 Å². The Morgan fingerprint density at radius 3 is 1.61 bits per heavy atom. The number of epoxide rings is 1. The molecule has 1 saturated heterocycles. The fraction of sp³-hybridized carbons (Fsp3) is 0.750. The van der Waals surface area contributed by atoms with E-state index in [4.69, 9.17) is 4.74 Å². The molecule has 3 heteroatoms. The number of ether oxygens (including phenoxy) is 1. The van der Waals surface area contributed by atoms with Crippen molar-refractivity contribution in [3.05, 3.63) is 34.9 Å². The van der Waals surface area contributed by atoms with E-state index in [-0.39, 0.29) is 10.6 Å². The summed E-state index contributed by atoms with van der Waals surface area (Å²) in [5, 5.41) is 0.651. The topological polar surface area (TPSA) is 29.6 Å². The Morgan fingerprint density at radius 1 is 0.839 bits per heavy atom. The molecule has 0 aromatic rings. The van der Waals surface area contributed by atoms with Crippen molar-refractivity contribution in [2.24, 2.45) is 0 Å². The van der Waals surface area contributed by atoms with Crippen molar-refractivity contribution < 1.29 is 9.53 Å². The average Bonchev–Trinajstić information content (AvgIpc) is 3.25. The first-order valence-corrected chi connectivity index (χ1v) is 15.3. The predicted octanol–water partition coefficient (Wildman–Crippen LogP) is 8.74. The minimum absolute atomic E-state index is 0.118. The zero-order chi connectivity index (χ0) is 23.9. The molecular weight excluding hydrogens is 396 g/mol. The van der Waals surface area contributed by atoms with Gasteiger partial charge >= 0.3 is 0 Å². The van der Waals surface area contributed by atoms with E-state index < -0.39 is 8.07 Å². The molecule has 1 fully saturated rings. The summed E-state index contributed by atoms with van der Waals surface area (Å²) < 4.78 is 5.67. The van der Waals surface area contributed by atoms with Gasteiger partial charge < -0.3 is 9.53 Å². The van der Waals surface area contributed by atoms with Crippen LogP contribution in [0.3, 0.4) is 0 Å². The normalized spacial score (nSPS) is 20.2. The fourth-order valence-electron chi connectivity index (χ4n) is 3.68. The van der Waals surface area contributed by atoms with Crippen LogP contribution in [0.5, 0.6) is 0 Å². The van der Waals surface area contributed by atoms with Crippen LogP contribution in [-0.4, -0.2) is 25.2 Å². The van der Waals surface area contributed by atoms with E-state index in [1.165, 1.54) is 16.7 Å². The number of rotatable bonds is 13. The largest absolute Gasteiger partial charge is 0.367 e. The average molecular weight is 447 g/mol. The van der Waals surface area contributed by atoms with Gasteiger partial charge in [-0.3, -0.25) is 0 Å². The lowest BCUT2D eigenvalue weighted by atomic mass is 10.0. The Morgan fingerprint density at radius 2 is 1.23 bits per heavy atom. The predicted molar refractivity (Wildman–Crippen MR) is 139 cm³/mol. The molecule has 0 aromatic heterocycles. The molecule has 2 nitrogen and oxygen atoms in total. The van der Waals surface area contributed by atoms with Gasteiger partial charge in [0.05, 0.1) is 11.7 Å². The Hall–Kier alpha value is -0.933. The molecule has 178 valence electrons. The second-order valence-corrected chi connectivity index (χ2v) is 17.1. The monoisotopic (exact) mass is 446 g/mol. The highest BCUT2D eigenvalue weighted by atomic mass is 28.3. The van der Waals surface area contributed by atoms with Crippen molar-refractivity contribution in [2.75, 3.05) is 0 Å². The number of carbonyl (C=O) groups excluding carboxylic acids is 1. The van der Waals surface area contributed by atoms with Crippen LogP contribution in [-0.2, 0) is 9.53 Å². The van der Waals surface area contributed by atoms with E-state index >= 15 is 0 Å². The SMILES string of the molecule is C/C(=C\CCC(=O)[Si](C)(C)C(C)(C)C)CC/C=C(\C)CC/C=C(\C)CC[C@@H]1OC1(C)C. The second kappa shape index (κ2) is 11.8. The van der Waals surface area contributed by atoms with Crippen molar-refractivity contribution in [3.8, 4) is 0 Å². The summed E-state index contributed by atoms with van der Waals surface area (Å²) in [4.78, 5) is 12.7. The van der Waals surface area contributed by atoms with Crippen molar-refractivity contribution in [3.63, 3.8) is 0 Å². The molecule has 0 bridgehead atoms. The summed E-state index contributed by atoms with van der Waals surface area (Å²) in [7, 11) is -1.84. The molecule has 0 amide bonds.